The number of hydrogen-bond donors (Lipinski definition) is 1. The fourth-order valence-electron chi connectivity index (χ4n) is 2.28. The van der Waals surface area contributed by atoms with Crippen LogP contribution in [0.1, 0.15) is 15.2 Å². The van der Waals surface area contributed by atoms with Gasteiger partial charge in [0.25, 0.3) is 5.91 Å². The molecule has 2 aromatic carbocycles. The number of carbonyl (C=O) groups is 1. The zero-order chi connectivity index (χ0) is 18.7. The van der Waals surface area contributed by atoms with Crippen molar-refractivity contribution in [1.82, 2.24) is 5.32 Å². The van der Waals surface area contributed by atoms with Crippen molar-refractivity contribution in [2.75, 3.05) is 6.61 Å². The first-order valence-corrected chi connectivity index (χ1v) is 8.38. The van der Waals surface area contributed by atoms with Crippen LogP contribution in [0.25, 0.3) is 10.1 Å². The number of nitrogens with one attached hydrogen (secondary N) is 1. The number of thiophene rings is 1. The summed E-state index contributed by atoms with van der Waals surface area (Å²) in [6.45, 7) is -1.17. The summed E-state index contributed by atoms with van der Waals surface area (Å²) >= 11 is 1.19. The Kier molecular flexibility index (Phi) is 5.13. The number of alkyl halides is 3. The Labute approximate surface area is 150 Å². The lowest BCUT2D eigenvalue weighted by Gasteiger charge is -2.09. The van der Waals surface area contributed by atoms with Gasteiger partial charge >= 0.3 is 6.18 Å². The van der Waals surface area contributed by atoms with Gasteiger partial charge < -0.3 is 10.1 Å². The van der Waals surface area contributed by atoms with E-state index in [1.807, 2.05) is 0 Å². The van der Waals surface area contributed by atoms with Crippen molar-refractivity contribution < 1.29 is 27.1 Å². The standard InChI is InChI=1S/C18H13F4NO2S/c19-14-2-1-3-15-13(14)8-16(26-15)17(24)23-9-11-4-6-12(7-5-11)25-10-18(20,21)22/h1-8H,9-10H2,(H,23,24). The van der Waals surface area contributed by atoms with Crippen molar-refractivity contribution in [3.05, 3.63) is 64.8 Å². The highest BCUT2D eigenvalue weighted by molar-refractivity contribution is 7.20. The minimum Gasteiger partial charge on any atom is -0.484 e. The Hall–Kier alpha value is -2.61. The summed E-state index contributed by atoms with van der Waals surface area (Å²) in [6, 6.07) is 12.1. The molecule has 0 saturated heterocycles. The molecule has 0 unspecified atom stereocenters. The van der Waals surface area contributed by atoms with Crippen molar-refractivity contribution in [1.29, 1.82) is 0 Å². The first-order chi connectivity index (χ1) is 12.3. The minimum atomic E-state index is -4.39. The van der Waals surface area contributed by atoms with E-state index in [1.54, 1.807) is 24.3 Å². The van der Waals surface area contributed by atoms with Gasteiger partial charge in [0.15, 0.2) is 6.61 Å². The van der Waals surface area contributed by atoms with E-state index in [-0.39, 0.29) is 24.0 Å². The molecular formula is C18H13F4NO2S. The van der Waals surface area contributed by atoms with E-state index in [4.69, 9.17) is 0 Å². The van der Waals surface area contributed by atoms with Crippen molar-refractivity contribution >= 4 is 27.3 Å². The quantitative estimate of drug-likeness (QED) is 0.636. The zero-order valence-electron chi connectivity index (χ0n) is 13.3. The highest BCUT2D eigenvalue weighted by Gasteiger charge is 2.28. The average molecular weight is 383 g/mol. The van der Waals surface area contributed by atoms with Gasteiger partial charge in [0, 0.05) is 16.6 Å². The molecule has 0 fully saturated rings. The Morgan fingerprint density at radius 1 is 1.12 bits per heavy atom. The largest absolute Gasteiger partial charge is 0.484 e. The molecular weight excluding hydrogens is 370 g/mol. The third-order valence-electron chi connectivity index (χ3n) is 3.51. The molecule has 26 heavy (non-hydrogen) atoms. The predicted molar refractivity (Wildman–Crippen MR) is 90.9 cm³/mol. The molecule has 0 aliphatic carbocycles. The molecule has 0 radical (unpaired) electrons. The second kappa shape index (κ2) is 7.33. The number of hydrogen-bond acceptors (Lipinski definition) is 3. The SMILES string of the molecule is O=C(NCc1ccc(OCC(F)(F)F)cc1)c1cc2c(F)cccc2s1. The number of ether oxygens (including phenoxy) is 1. The van der Waals surface area contributed by atoms with Gasteiger partial charge in [-0.25, -0.2) is 4.39 Å². The van der Waals surface area contributed by atoms with Gasteiger partial charge in [-0.1, -0.05) is 18.2 Å². The Balaban J connectivity index is 1.59. The molecule has 1 amide bonds. The molecule has 0 bridgehead atoms. The first kappa shape index (κ1) is 18.2. The van der Waals surface area contributed by atoms with Crippen molar-refractivity contribution in [2.45, 2.75) is 12.7 Å². The number of rotatable bonds is 5. The molecule has 136 valence electrons. The number of amides is 1. The van der Waals surface area contributed by atoms with Crippen LogP contribution in [0.4, 0.5) is 17.6 Å². The number of benzene rings is 2. The summed E-state index contributed by atoms with van der Waals surface area (Å²) in [4.78, 5) is 12.6. The molecule has 0 spiro atoms. The van der Waals surface area contributed by atoms with Crippen LogP contribution in [0.3, 0.4) is 0 Å². The topological polar surface area (TPSA) is 38.3 Å². The van der Waals surface area contributed by atoms with Crippen molar-refractivity contribution in [3.8, 4) is 5.75 Å². The molecule has 3 rings (SSSR count). The van der Waals surface area contributed by atoms with Gasteiger partial charge in [-0.05, 0) is 35.9 Å². The van der Waals surface area contributed by atoms with Crippen LogP contribution in [-0.2, 0) is 6.54 Å². The molecule has 1 aromatic heterocycles. The van der Waals surface area contributed by atoms with E-state index >= 15 is 0 Å². The summed E-state index contributed by atoms with van der Waals surface area (Å²) in [5.41, 5.74) is 0.699. The normalized spacial score (nSPS) is 11.5. The first-order valence-electron chi connectivity index (χ1n) is 7.56. The second-order valence-corrected chi connectivity index (χ2v) is 6.58. The Morgan fingerprint density at radius 3 is 2.50 bits per heavy atom. The molecule has 0 aliphatic heterocycles. The van der Waals surface area contributed by atoms with Gasteiger partial charge in [-0.2, -0.15) is 13.2 Å². The number of carbonyl (C=O) groups excluding carboxylic acids is 1. The maximum Gasteiger partial charge on any atom is 0.422 e. The third kappa shape index (κ3) is 4.51. The van der Waals surface area contributed by atoms with Crippen LogP contribution in [-0.4, -0.2) is 18.7 Å². The lowest BCUT2D eigenvalue weighted by atomic mass is 10.2. The average Bonchev–Trinajstić information content (AvgIpc) is 3.04. The maximum atomic E-state index is 13.7. The van der Waals surface area contributed by atoms with Crippen LogP contribution in [0.15, 0.2) is 48.5 Å². The fourth-order valence-corrected chi connectivity index (χ4v) is 3.27. The van der Waals surface area contributed by atoms with Gasteiger partial charge in [0.1, 0.15) is 11.6 Å². The lowest BCUT2D eigenvalue weighted by Crippen LogP contribution is -2.21. The van der Waals surface area contributed by atoms with E-state index in [2.05, 4.69) is 10.1 Å². The summed E-state index contributed by atoms with van der Waals surface area (Å²) in [5, 5.41) is 3.10. The molecule has 1 N–H and O–H groups in total. The van der Waals surface area contributed by atoms with Crippen LogP contribution in [0, 0.1) is 5.82 Å². The van der Waals surface area contributed by atoms with Gasteiger partial charge in [-0.3, -0.25) is 4.79 Å². The van der Waals surface area contributed by atoms with Crippen LogP contribution in [0.5, 0.6) is 5.75 Å². The highest BCUT2D eigenvalue weighted by atomic mass is 32.1. The van der Waals surface area contributed by atoms with E-state index in [1.165, 1.54) is 35.6 Å². The van der Waals surface area contributed by atoms with Gasteiger partial charge in [0.2, 0.25) is 0 Å². The van der Waals surface area contributed by atoms with Crippen molar-refractivity contribution in [2.24, 2.45) is 0 Å². The Bertz CT molecular complexity index is 919. The predicted octanol–water partition coefficient (Wildman–Crippen LogP) is 4.91. The van der Waals surface area contributed by atoms with Crippen LogP contribution in [0.2, 0.25) is 0 Å². The fraction of sp³-hybridized carbons (Fsp3) is 0.167. The van der Waals surface area contributed by atoms with Crippen LogP contribution < -0.4 is 10.1 Å². The maximum absolute atomic E-state index is 13.7. The molecule has 8 heteroatoms. The minimum absolute atomic E-state index is 0.0948. The highest BCUT2D eigenvalue weighted by Crippen LogP contribution is 2.27. The van der Waals surface area contributed by atoms with Gasteiger partial charge in [0.05, 0.1) is 4.88 Å². The molecule has 0 saturated carbocycles. The van der Waals surface area contributed by atoms with Crippen LogP contribution >= 0.6 is 11.3 Å². The monoisotopic (exact) mass is 383 g/mol. The lowest BCUT2D eigenvalue weighted by molar-refractivity contribution is -0.153. The zero-order valence-corrected chi connectivity index (χ0v) is 14.1. The van der Waals surface area contributed by atoms with Crippen molar-refractivity contribution in [3.63, 3.8) is 0 Å². The summed E-state index contributed by atoms with van der Waals surface area (Å²) in [6.07, 6.45) is -4.39. The summed E-state index contributed by atoms with van der Waals surface area (Å²) in [5.74, 6) is -0.632. The smallest absolute Gasteiger partial charge is 0.422 e. The third-order valence-corrected chi connectivity index (χ3v) is 4.61. The summed E-state index contributed by atoms with van der Waals surface area (Å²) < 4.78 is 55.3. The molecule has 1 heterocycles. The van der Waals surface area contributed by atoms with E-state index in [9.17, 15) is 22.4 Å². The molecule has 3 aromatic rings. The molecule has 3 nitrogen and oxygen atoms in total. The van der Waals surface area contributed by atoms with E-state index < -0.39 is 12.8 Å². The molecule has 0 atom stereocenters. The van der Waals surface area contributed by atoms with Gasteiger partial charge in [-0.15, -0.1) is 11.3 Å². The van der Waals surface area contributed by atoms with E-state index in [0.717, 1.165) is 0 Å². The number of halogens is 4. The molecule has 0 aliphatic rings. The second-order valence-electron chi connectivity index (χ2n) is 5.49. The Morgan fingerprint density at radius 2 is 1.85 bits per heavy atom. The van der Waals surface area contributed by atoms with E-state index in [0.29, 0.717) is 20.5 Å². The number of fused-ring (bicyclic) bond motifs is 1. The summed E-state index contributed by atoms with van der Waals surface area (Å²) in [7, 11) is 0.